The minimum Gasteiger partial charge on any atom is -0.609 e. The van der Waals surface area contributed by atoms with Gasteiger partial charge in [-0.05, 0) is 13.0 Å². The maximum atomic E-state index is 13.1. The van der Waals surface area contributed by atoms with Crippen LogP contribution in [0.25, 0.3) is 11.0 Å². The van der Waals surface area contributed by atoms with E-state index >= 15 is 0 Å². The largest absolute Gasteiger partial charge is 0.609 e. The predicted octanol–water partition coefficient (Wildman–Crippen LogP) is 3.46. The van der Waals surface area contributed by atoms with Gasteiger partial charge in [-0.2, -0.15) is 4.98 Å². The van der Waals surface area contributed by atoms with Gasteiger partial charge in [0.05, 0.1) is 16.7 Å². The molecule has 10 heteroatoms. The van der Waals surface area contributed by atoms with Crippen molar-refractivity contribution in [3.63, 3.8) is 0 Å². The molecule has 0 bridgehead atoms. The monoisotopic (exact) mass is 407 g/mol. The fourth-order valence-electron chi connectivity index (χ4n) is 2.74. The van der Waals surface area contributed by atoms with Gasteiger partial charge >= 0.3 is 11.5 Å². The lowest BCUT2D eigenvalue weighted by Gasteiger charge is -2.12. The number of rotatable bonds is 6. The van der Waals surface area contributed by atoms with Gasteiger partial charge in [0.2, 0.25) is 0 Å². The topological polar surface area (TPSA) is 92.3 Å². The standard InChI is InChI=1S/C18H15F2N3O4S/c1-3-6-25-14-4-5-21-13(10(14)2)9-28(24)17-22-11-7-15-16(8-12(11)23-17)27-18(19,20)26-15/h3-5,7-8H,1,6,9H2,2H3,(H,22,23). The van der Waals surface area contributed by atoms with E-state index in [1.54, 1.807) is 18.3 Å². The van der Waals surface area contributed by atoms with E-state index in [2.05, 4.69) is 31.0 Å². The summed E-state index contributed by atoms with van der Waals surface area (Å²) in [6.07, 6.45) is -0.489. The normalized spacial score (nSPS) is 15.6. The first kappa shape index (κ1) is 18.5. The summed E-state index contributed by atoms with van der Waals surface area (Å²) >= 11 is -1.54. The van der Waals surface area contributed by atoms with Crippen molar-refractivity contribution in [3.05, 3.63) is 48.3 Å². The molecule has 1 atom stereocenters. The average Bonchev–Trinajstić information content (AvgIpc) is 3.18. The molecule has 0 saturated heterocycles. The van der Waals surface area contributed by atoms with Crippen LogP contribution < -0.4 is 14.2 Å². The van der Waals surface area contributed by atoms with Crippen LogP contribution in [0.15, 0.2) is 42.2 Å². The van der Waals surface area contributed by atoms with Crippen molar-refractivity contribution in [2.45, 2.75) is 24.1 Å². The van der Waals surface area contributed by atoms with E-state index in [-0.39, 0.29) is 22.4 Å². The van der Waals surface area contributed by atoms with Crippen molar-refractivity contribution in [3.8, 4) is 17.2 Å². The molecule has 146 valence electrons. The van der Waals surface area contributed by atoms with Gasteiger partial charge in [0.25, 0.3) is 0 Å². The second-order valence-corrected chi connectivity index (χ2v) is 7.36. The van der Waals surface area contributed by atoms with Crippen LogP contribution in [-0.2, 0) is 16.9 Å². The summed E-state index contributed by atoms with van der Waals surface area (Å²) < 4.78 is 53.4. The van der Waals surface area contributed by atoms with E-state index in [4.69, 9.17) is 4.74 Å². The molecule has 3 heterocycles. The molecular formula is C18H15F2N3O4S. The Morgan fingerprint density at radius 3 is 2.86 bits per heavy atom. The van der Waals surface area contributed by atoms with Crippen LogP contribution in [0.2, 0.25) is 0 Å². The van der Waals surface area contributed by atoms with E-state index in [0.717, 1.165) is 5.56 Å². The van der Waals surface area contributed by atoms with Gasteiger partial charge in [-0.25, -0.2) is 0 Å². The maximum Gasteiger partial charge on any atom is 0.586 e. The molecule has 2 aromatic heterocycles. The molecule has 1 aromatic carbocycles. The summed E-state index contributed by atoms with van der Waals surface area (Å²) in [4.78, 5) is 11.4. The molecule has 0 fully saturated rings. The Bertz CT molecular complexity index is 1010. The molecule has 1 unspecified atom stereocenters. The smallest absolute Gasteiger partial charge is 0.586 e. The molecular weight excluding hydrogens is 392 g/mol. The van der Waals surface area contributed by atoms with E-state index in [9.17, 15) is 13.3 Å². The average molecular weight is 407 g/mol. The number of imidazole rings is 1. The highest BCUT2D eigenvalue weighted by Crippen LogP contribution is 2.43. The molecule has 28 heavy (non-hydrogen) atoms. The Labute approximate surface area is 161 Å². The number of pyridine rings is 1. The molecule has 0 radical (unpaired) electrons. The minimum absolute atomic E-state index is 0.108. The lowest BCUT2D eigenvalue weighted by molar-refractivity contribution is -0.286. The minimum atomic E-state index is -3.70. The molecule has 1 N–H and O–H groups in total. The summed E-state index contributed by atoms with van der Waals surface area (Å²) in [6.45, 7) is 5.79. The molecule has 0 aliphatic carbocycles. The van der Waals surface area contributed by atoms with Crippen LogP contribution in [0.3, 0.4) is 0 Å². The van der Waals surface area contributed by atoms with E-state index in [1.165, 1.54) is 12.1 Å². The van der Waals surface area contributed by atoms with Crippen LogP contribution in [0.4, 0.5) is 8.78 Å². The molecule has 4 rings (SSSR count). The molecule has 0 saturated carbocycles. The number of alkyl halides is 2. The predicted molar refractivity (Wildman–Crippen MR) is 97.1 cm³/mol. The lowest BCUT2D eigenvalue weighted by atomic mass is 10.2. The number of hydrogen-bond donors (Lipinski definition) is 1. The molecule has 3 aromatic rings. The first-order valence-electron chi connectivity index (χ1n) is 8.22. The molecule has 7 nitrogen and oxygen atoms in total. The number of aromatic nitrogens is 3. The SMILES string of the molecule is C=CCOc1ccnc(C[S+]([O-])c2nc3cc4c(cc3[nH]2)OC(F)(F)O4)c1C. The first-order chi connectivity index (χ1) is 13.4. The highest BCUT2D eigenvalue weighted by Gasteiger charge is 2.43. The highest BCUT2D eigenvalue weighted by atomic mass is 32.2. The van der Waals surface area contributed by atoms with Gasteiger partial charge in [-0.15, -0.1) is 8.78 Å². The Kier molecular flexibility index (Phi) is 4.60. The Balaban J connectivity index is 1.57. The van der Waals surface area contributed by atoms with Crippen molar-refractivity contribution in [2.75, 3.05) is 6.61 Å². The van der Waals surface area contributed by atoms with Crippen LogP contribution in [0.5, 0.6) is 17.2 Å². The molecule has 0 amide bonds. The van der Waals surface area contributed by atoms with Crippen LogP contribution in [-0.4, -0.2) is 32.4 Å². The third kappa shape index (κ3) is 3.48. The van der Waals surface area contributed by atoms with Gasteiger partial charge in [0.15, 0.2) is 17.3 Å². The number of H-pyrrole nitrogens is 1. The Morgan fingerprint density at radius 2 is 2.11 bits per heavy atom. The van der Waals surface area contributed by atoms with E-state index in [0.29, 0.717) is 29.1 Å². The third-order valence-electron chi connectivity index (χ3n) is 4.08. The van der Waals surface area contributed by atoms with E-state index in [1.807, 2.05) is 6.92 Å². The van der Waals surface area contributed by atoms with Crippen molar-refractivity contribution in [2.24, 2.45) is 0 Å². The molecule has 1 aliphatic rings. The summed E-state index contributed by atoms with van der Waals surface area (Å²) in [7, 11) is 0. The van der Waals surface area contributed by atoms with E-state index < -0.39 is 17.5 Å². The fourth-order valence-corrected chi connectivity index (χ4v) is 3.84. The number of aromatic amines is 1. The number of fused-ring (bicyclic) bond motifs is 2. The zero-order valence-electron chi connectivity index (χ0n) is 14.7. The Hall–Kier alpha value is -2.85. The van der Waals surface area contributed by atoms with Crippen LogP contribution in [0.1, 0.15) is 11.3 Å². The number of nitrogens with zero attached hydrogens (tertiary/aromatic N) is 2. The number of hydrogen-bond acceptors (Lipinski definition) is 6. The summed E-state index contributed by atoms with van der Waals surface area (Å²) in [6, 6.07) is 4.38. The van der Waals surface area contributed by atoms with Gasteiger partial charge in [-0.3, -0.25) is 9.97 Å². The zero-order valence-corrected chi connectivity index (χ0v) is 15.5. The van der Waals surface area contributed by atoms with Gasteiger partial charge in [0.1, 0.15) is 12.4 Å². The zero-order chi connectivity index (χ0) is 19.9. The van der Waals surface area contributed by atoms with Crippen LogP contribution in [0, 0.1) is 6.92 Å². The summed E-state index contributed by atoms with van der Waals surface area (Å²) in [5.41, 5.74) is 2.14. The first-order valence-corrected chi connectivity index (χ1v) is 9.54. The molecule has 1 aliphatic heterocycles. The number of halogens is 2. The van der Waals surface area contributed by atoms with Crippen molar-refractivity contribution in [1.29, 1.82) is 0 Å². The highest BCUT2D eigenvalue weighted by molar-refractivity contribution is 7.90. The second-order valence-electron chi connectivity index (χ2n) is 6.00. The van der Waals surface area contributed by atoms with Gasteiger partial charge in [-0.1, -0.05) is 12.7 Å². The lowest BCUT2D eigenvalue weighted by Crippen LogP contribution is -2.25. The summed E-state index contributed by atoms with van der Waals surface area (Å²) in [5.74, 6) is 0.522. The Morgan fingerprint density at radius 1 is 1.36 bits per heavy atom. The van der Waals surface area contributed by atoms with Crippen molar-refractivity contribution < 1.29 is 27.5 Å². The number of benzene rings is 1. The van der Waals surface area contributed by atoms with Gasteiger partial charge < -0.3 is 18.8 Å². The molecule has 0 spiro atoms. The fraction of sp³-hybridized carbons (Fsp3) is 0.222. The maximum absolute atomic E-state index is 13.1. The van der Waals surface area contributed by atoms with Crippen LogP contribution >= 0.6 is 0 Å². The second kappa shape index (κ2) is 6.95. The van der Waals surface area contributed by atoms with Crippen molar-refractivity contribution >= 4 is 22.2 Å². The van der Waals surface area contributed by atoms with Gasteiger partial charge in [0, 0.05) is 35.1 Å². The third-order valence-corrected chi connectivity index (χ3v) is 5.24. The number of nitrogens with one attached hydrogen (secondary N) is 1. The number of ether oxygens (including phenoxy) is 3. The van der Waals surface area contributed by atoms with Crippen molar-refractivity contribution in [1.82, 2.24) is 15.0 Å². The quantitative estimate of drug-likeness (QED) is 0.497. The summed E-state index contributed by atoms with van der Waals surface area (Å²) in [5, 5.41) is 0.198.